The maximum absolute atomic E-state index is 12.4. The molecule has 0 saturated carbocycles. The van der Waals surface area contributed by atoms with Crippen LogP contribution in [-0.4, -0.2) is 36.3 Å². The summed E-state index contributed by atoms with van der Waals surface area (Å²) in [5.41, 5.74) is 0.533. The number of methoxy groups -OCH3 is 1. The van der Waals surface area contributed by atoms with Gasteiger partial charge in [-0.25, -0.2) is 4.79 Å². The molecule has 0 aliphatic carbocycles. The fourth-order valence-corrected chi connectivity index (χ4v) is 3.11. The van der Waals surface area contributed by atoms with Crippen LogP contribution in [0.5, 0.6) is 17.2 Å². The molecular formula is C24H19ClN2O8. The minimum atomic E-state index is -0.806. The average molecular weight is 499 g/mol. The van der Waals surface area contributed by atoms with Gasteiger partial charge in [0.15, 0.2) is 23.9 Å². The van der Waals surface area contributed by atoms with Crippen molar-refractivity contribution in [3.05, 3.63) is 86.9 Å². The highest BCUT2D eigenvalue weighted by Gasteiger charge is 2.20. The van der Waals surface area contributed by atoms with Crippen LogP contribution in [0.25, 0.3) is 0 Å². The topological polar surface area (TPSA) is 134 Å². The third-order valence-corrected chi connectivity index (χ3v) is 4.86. The van der Waals surface area contributed by atoms with E-state index in [1.165, 1.54) is 50.4 Å². The van der Waals surface area contributed by atoms with E-state index in [-0.39, 0.29) is 39.3 Å². The molecule has 3 aromatic rings. The summed E-state index contributed by atoms with van der Waals surface area (Å²) in [5.74, 6) is -1.41. The van der Waals surface area contributed by atoms with Gasteiger partial charge in [-0.1, -0.05) is 23.7 Å². The Bertz CT molecular complexity index is 1310. The van der Waals surface area contributed by atoms with Gasteiger partial charge in [-0.15, -0.1) is 0 Å². The smallest absolute Gasteiger partial charge is 0.338 e. The number of rotatable bonds is 9. The summed E-state index contributed by atoms with van der Waals surface area (Å²) >= 11 is 5.82. The fourth-order valence-electron chi connectivity index (χ4n) is 2.94. The molecule has 0 radical (unpaired) electrons. The van der Waals surface area contributed by atoms with Gasteiger partial charge in [0.05, 0.1) is 17.6 Å². The van der Waals surface area contributed by atoms with Crippen molar-refractivity contribution in [1.29, 1.82) is 0 Å². The second-order valence-corrected chi connectivity index (χ2v) is 7.53. The van der Waals surface area contributed by atoms with Crippen LogP contribution < -0.4 is 14.8 Å². The Morgan fingerprint density at radius 2 is 1.71 bits per heavy atom. The zero-order valence-corrected chi connectivity index (χ0v) is 19.3. The molecule has 10 nitrogen and oxygen atoms in total. The number of nitro benzene ring substituents is 1. The van der Waals surface area contributed by atoms with Crippen LogP contribution in [0, 0.1) is 10.1 Å². The number of hydrogen-bond donors (Lipinski definition) is 1. The molecule has 3 rings (SSSR count). The molecule has 35 heavy (non-hydrogen) atoms. The van der Waals surface area contributed by atoms with Gasteiger partial charge in [-0.2, -0.15) is 0 Å². The Balaban J connectivity index is 1.67. The van der Waals surface area contributed by atoms with Gasteiger partial charge in [0.1, 0.15) is 0 Å². The second-order valence-electron chi connectivity index (χ2n) is 7.10. The average Bonchev–Trinajstić information content (AvgIpc) is 2.83. The first-order chi connectivity index (χ1) is 16.7. The number of anilines is 1. The van der Waals surface area contributed by atoms with Crippen LogP contribution in [0.15, 0.2) is 60.7 Å². The van der Waals surface area contributed by atoms with Crippen molar-refractivity contribution in [1.82, 2.24) is 0 Å². The normalized spacial score (nSPS) is 10.3. The Hall–Kier alpha value is -4.44. The third kappa shape index (κ3) is 6.55. The molecule has 1 N–H and O–H groups in total. The van der Waals surface area contributed by atoms with E-state index >= 15 is 0 Å². The number of carbonyl (C=O) groups is 3. The minimum Gasteiger partial charge on any atom is -0.493 e. The Morgan fingerprint density at radius 1 is 0.971 bits per heavy atom. The molecule has 0 heterocycles. The summed E-state index contributed by atoms with van der Waals surface area (Å²) in [7, 11) is 1.33. The van der Waals surface area contributed by atoms with E-state index in [0.717, 1.165) is 6.07 Å². The first-order valence-electron chi connectivity index (χ1n) is 10.1. The van der Waals surface area contributed by atoms with Crippen LogP contribution in [0.1, 0.15) is 27.6 Å². The van der Waals surface area contributed by atoms with Crippen molar-refractivity contribution in [3.8, 4) is 17.2 Å². The highest BCUT2D eigenvalue weighted by Crippen LogP contribution is 2.38. The maximum Gasteiger partial charge on any atom is 0.338 e. The van der Waals surface area contributed by atoms with Gasteiger partial charge in [-0.05, 0) is 49.4 Å². The Morgan fingerprint density at radius 3 is 2.40 bits per heavy atom. The second kappa shape index (κ2) is 11.1. The van der Waals surface area contributed by atoms with Gasteiger partial charge in [-0.3, -0.25) is 19.7 Å². The number of ketones is 1. The van der Waals surface area contributed by atoms with Crippen LogP contribution in [0.3, 0.4) is 0 Å². The summed E-state index contributed by atoms with van der Waals surface area (Å²) in [4.78, 5) is 46.7. The molecule has 0 fully saturated rings. The van der Waals surface area contributed by atoms with Gasteiger partial charge >= 0.3 is 11.7 Å². The van der Waals surface area contributed by atoms with Gasteiger partial charge in [0, 0.05) is 22.3 Å². The van der Waals surface area contributed by atoms with Crippen LogP contribution in [0.4, 0.5) is 11.4 Å². The number of amides is 1. The molecule has 0 bridgehead atoms. The van der Waals surface area contributed by atoms with Crippen LogP contribution >= 0.6 is 11.6 Å². The number of halogens is 1. The molecule has 180 valence electrons. The first kappa shape index (κ1) is 25.2. The highest BCUT2D eigenvalue weighted by molar-refractivity contribution is 6.30. The molecule has 0 atom stereocenters. The molecule has 0 spiro atoms. The lowest BCUT2D eigenvalue weighted by atomic mass is 10.1. The molecule has 0 aliphatic rings. The summed E-state index contributed by atoms with van der Waals surface area (Å²) in [5, 5.41) is 14.0. The van der Waals surface area contributed by atoms with Crippen molar-refractivity contribution < 1.29 is 33.5 Å². The van der Waals surface area contributed by atoms with Crippen molar-refractivity contribution in [2.24, 2.45) is 0 Å². The molecule has 0 saturated heterocycles. The summed E-state index contributed by atoms with van der Waals surface area (Å²) in [6.45, 7) is 0.838. The van der Waals surface area contributed by atoms with E-state index in [2.05, 4.69) is 5.32 Å². The lowest BCUT2D eigenvalue weighted by Crippen LogP contribution is -2.21. The van der Waals surface area contributed by atoms with Crippen LogP contribution in [-0.2, 0) is 9.53 Å². The Kier molecular flexibility index (Phi) is 8.00. The van der Waals surface area contributed by atoms with E-state index in [0.29, 0.717) is 11.3 Å². The van der Waals surface area contributed by atoms with Crippen molar-refractivity contribution in [2.45, 2.75) is 6.92 Å². The molecule has 0 aliphatic heterocycles. The van der Waals surface area contributed by atoms with Gasteiger partial charge < -0.3 is 19.5 Å². The van der Waals surface area contributed by atoms with E-state index in [4.69, 9.17) is 25.8 Å². The van der Waals surface area contributed by atoms with E-state index in [9.17, 15) is 24.5 Å². The fraction of sp³-hybridized carbons (Fsp3) is 0.125. The number of nitrogens with one attached hydrogen (secondary N) is 1. The lowest BCUT2D eigenvalue weighted by Gasteiger charge is -2.12. The molecule has 0 aromatic heterocycles. The number of hydrogen-bond acceptors (Lipinski definition) is 8. The predicted octanol–water partition coefficient (Wildman–Crippen LogP) is 5.05. The van der Waals surface area contributed by atoms with Crippen LogP contribution in [0.2, 0.25) is 5.02 Å². The zero-order chi connectivity index (χ0) is 25.5. The zero-order valence-electron chi connectivity index (χ0n) is 18.6. The van der Waals surface area contributed by atoms with E-state index in [1.54, 1.807) is 18.2 Å². The number of Topliss-reactive ketones (excluding diaryl/α,β-unsaturated/α-hetero) is 1. The van der Waals surface area contributed by atoms with Gasteiger partial charge in [0.2, 0.25) is 5.75 Å². The van der Waals surface area contributed by atoms with E-state index < -0.39 is 23.4 Å². The monoisotopic (exact) mass is 498 g/mol. The molecule has 1 amide bonds. The number of nitrogens with zero attached hydrogens (tertiary/aromatic N) is 1. The number of ether oxygens (including phenoxy) is 3. The maximum atomic E-state index is 12.4. The molecule has 11 heteroatoms. The first-order valence-corrected chi connectivity index (χ1v) is 10.4. The number of benzene rings is 3. The molecular weight excluding hydrogens is 480 g/mol. The van der Waals surface area contributed by atoms with Gasteiger partial charge in [0.25, 0.3) is 5.91 Å². The number of carbonyl (C=O) groups excluding carboxylic acids is 3. The van der Waals surface area contributed by atoms with Crippen molar-refractivity contribution >= 4 is 40.6 Å². The standard InChI is InChI=1S/C24H19ClN2O8/c1-14(28)15-4-3-5-18(10-15)26-23(29)13-34-24(30)16-6-8-21(22(11-16)33-2)35-20-9-7-17(25)12-19(20)27(31)32/h3-12H,13H2,1-2H3,(H,26,29). The minimum absolute atomic E-state index is 0.0613. The molecule has 3 aromatic carbocycles. The lowest BCUT2D eigenvalue weighted by molar-refractivity contribution is -0.385. The number of nitro groups is 1. The SMILES string of the molecule is COc1cc(C(=O)OCC(=O)Nc2cccc(C(C)=O)c2)ccc1Oc1ccc(Cl)cc1[N+](=O)[O-]. The van der Waals surface area contributed by atoms with E-state index in [1.807, 2.05) is 0 Å². The summed E-state index contributed by atoms with van der Waals surface area (Å²) < 4.78 is 15.9. The number of esters is 1. The summed E-state index contributed by atoms with van der Waals surface area (Å²) in [6.07, 6.45) is 0. The summed E-state index contributed by atoms with van der Waals surface area (Å²) in [6, 6.07) is 14.3. The largest absolute Gasteiger partial charge is 0.493 e. The molecule has 0 unspecified atom stereocenters. The van der Waals surface area contributed by atoms with Crippen molar-refractivity contribution in [3.63, 3.8) is 0 Å². The predicted molar refractivity (Wildman–Crippen MR) is 127 cm³/mol. The quantitative estimate of drug-likeness (QED) is 0.187. The Labute approximate surface area is 204 Å². The van der Waals surface area contributed by atoms with Crippen molar-refractivity contribution in [2.75, 3.05) is 19.0 Å². The third-order valence-electron chi connectivity index (χ3n) is 4.62. The highest BCUT2D eigenvalue weighted by atomic mass is 35.5.